The predicted molar refractivity (Wildman–Crippen MR) is 86.5 cm³/mol. The van der Waals surface area contributed by atoms with Crippen molar-refractivity contribution in [3.63, 3.8) is 0 Å². The van der Waals surface area contributed by atoms with Gasteiger partial charge in [-0.1, -0.05) is 18.2 Å². The minimum atomic E-state index is -0.228. The molecule has 0 saturated heterocycles. The second-order valence-electron chi connectivity index (χ2n) is 3.71. The Morgan fingerprint density at radius 1 is 1.32 bits per heavy atom. The lowest BCUT2D eigenvalue weighted by atomic mass is 10.2. The number of nitrogens with one attached hydrogen (secondary N) is 2. The van der Waals surface area contributed by atoms with E-state index in [0.29, 0.717) is 31.2 Å². The van der Waals surface area contributed by atoms with Gasteiger partial charge in [0.25, 0.3) is 0 Å². The van der Waals surface area contributed by atoms with Gasteiger partial charge in [0.1, 0.15) is 5.82 Å². The molecule has 0 heterocycles. The summed E-state index contributed by atoms with van der Waals surface area (Å²) < 4.78 is 18.3. The summed E-state index contributed by atoms with van der Waals surface area (Å²) >= 11 is 0. The van der Waals surface area contributed by atoms with E-state index in [1.54, 1.807) is 25.3 Å². The quantitative estimate of drug-likeness (QED) is 0.344. The molecule has 4 nitrogen and oxygen atoms in total. The summed E-state index contributed by atoms with van der Waals surface area (Å²) in [5.41, 5.74) is 0.585. The number of benzene rings is 1. The summed E-state index contributed by atoms with van der Waals surface area (Å²) in [6.07, 6.45) is 0. The molecule has 1 aromatic carbocycles. The van der Waals surface area contributed by atoms with Crippen LogP contribution in [0.3, 0.4) is 0 Å². The van der Waals surface area contributed by atoms with E-state index in [1.165, 1.54) is 6.07 Å². The average molecular weight is 381 g/mol. The number of hydrogen-bond acceptors (Lipinski definition) is 2. The maximum absolute atomic E-state index is 13.4. The van der Waals surface area contributed by atoms with E-state index in [2.05, 4.69) is 15.6 Å². The first-order valence-corrected chi connectivity index (χ1v) is 6.02. The van der Waals surface area contributed by atoms with Crippen LogP contribution in [-0.2, 0) is 11.3 Å². The molecule has 0 aromatic heterocycles. The zero-order valence-corrected chi connectivity index (χ0v) is 13.6. The second-order valence-corrected chi connectivity index (χ2v) is 3.71. The van der Waals surface area contributed by atoms with Crippen molar-refractivity contribution in [1.82, 2.24) is 10.6 Å². The molecule has 0 radical (unpaired) electrons. The second kappa shape index (κ2) is 11.0. The summed E-state index contributed by atoms with van der Waals surface area (Å²) in [4.78, 5) is 4.32. The number of guanidine groups is 1. The van der Waals surface area contributed by atoms with Crippen LogP contribution in [0.2, 0.25) is 0 Å². The predicted octanol–water partition coefficient (Wildman–Crippen LogP) is 2.15. The van der Waals surface area contributed by atoms with Gasteiger partial charge in [-0.05, 0) is 13.0 Å². The zero-order valence-electron chi connectivity index (χ0n) is 11.3. The lowest BCUT2D eigenvalue weighted by Gasteiger charge is -2.10. The Morgan fingerprint density at radius 2 is 2.05 bits per heavy atom. The first kappa shape index (κ1) is 18.1. The van der Waals surface area contributed by atoms with Gasteiger partial charge in [0.15, 0.2) is 5.96 Å². The van der Waals surface area contributed by atoms with Gasteiger partial charge in [0, 0.05) is 25.8 Å². The molecule has 2 N–H and O–H groups in total. The molecule has 1 rings (SSSR count). The van der Waals surface area contributed by atoms with Gasteiger partial charge < -0.3 is 15.4 Å². The molecule has 0 aliphatic carbocycles. The van der Waals surface area contributed by atoms with Crippen LogP contribution in [0.15, 0.2) is 29.3 Å². The molecule has 0 amide bonds. The molecule has 108 valence electrons. The van der Waals surface area contributed by atoms with Crippen LogP contribution in [0.4, 0.5) is 4.39 Å². The van der Waals surface area contributed by atoms with Gasteiger partial charge >= 0.3 is 0 Å². The van der Waals surface area contributed by atoms with Gasteiger partial charge in [0.05, 0.1) is 13.2 Å². The van der Waals surface area contributed by atoms with Gasteiger partial charge in [-0.3, -0.25) is 0 Å². The summed E-state index contributed by atoms with van der Waals surface area (Å²) in [5, 5.41) is 6.19. The number of rotatable bonds is 6. The normalized spacial score (nSPS) is 10.8. The summed E-state index contributed by atoms with van der Waals surface area (Å²) in [6.45, 7) is 4.32. The monoisotopic (exact) mass is 381 g/mol. The van der Waals surface area contributed by atoms with Gasteiger partial charge in [-0.15, -0.1) is 24.0 Å². The maximum Gasteiger partial charge on any atom is 0.191 e. The Labute approximate surface area is 130 Å². The van der Waals surface area contributed by atoms with Crippen molar-refractivity contribution in [3.8, 4) is 0 Å². The fraction of sp³-hybridized carbons (Fsp3) is 0.462. The Morgan fingerprint density at radius 3 is 2.68 bits per heavy atom. The SMILES string of the molecule is CCNC(=NCc1ccccc1F)NCCOC.I. The van der Waals surface area contributed by atoms with Crippen LogP contribution in [0.5, 0.6) is 0 Å². The molecule has 0 fully saturated rings. The van der Waals surface area contributed by atoms with Gasteiger partial charge in [-0.25, -0.2) is 9.38 Å². The smallest absolute Gasteiger partial charge is 0.191 e. The zero-order chi connectivity index (χ0) is 13.2. The minimum Gasteiger partial charge on any atom is -0.383 e. The third-order valence-electron chi connectivity index (χ3n) is 2.31. The maximum atomic E-state index is 13.4. The molecular formula is C13H21FIN3O. The highest BCUT2D eigenvalue weighted by molar-refractivity contribution is 14.0. The first-order valence-electron chi connectivity index (χ1n) is 6.02. The van der Waals surface area contributed by atoms with Crippen LogP contribution in [0, 0.1) is 5.82 Å². The Bertz CT molecular complexity index is 388. The Hall–Kier alpha value is -0.890. The minimum absolute atomic E-state index is 0. The highest BCUT2D eigenvalue weighted by Crippen LogP contribution is 2.07. The highest BCUT2D eigenvalue weighted by atomic mass is 127. The largest absolute Gasteiger partial charge is 0.383 e. The lowest BCUT2D eigenvalue weighted by Crippen LogP contribution is -2.38. The molecule has 1 aromatic rings. The standard InChI is InChI=1S/C13H20FN3O.HI/c1-3-15-13(16-8-9-18-2)17-10-11-6-4-5-7-12(11)14;/h4-7H,3,8-10H2,1-2H3,(H2,15,16,17);1H. The van der Waals surface area contributed by atoms with Crippen molar-refractivity contribution in [3.05, 3.63) is 35.6 Å². The van der Waals surface area contributed by atoms with Crippen LogP contribution in [0.25, 0.3) is 0 Å². The van der Waals surface area contributed by atoms with E-state index < -0.39 is 0 Å². The van der Waals surface area contributed by atoms with Crippen molar-refractivity contribution >= 4 is 29.9 Å². The van der Waals surface area contributed by atoms with E-state index >= 15 is 0 Å². The van der Waals surface area contributed by atoms with E-state index in [0.717, 1.165) is 6.54 Å². The van der Waals surface area contributed by atoms with E-state index in [9.17, 15) is 4.39 Å². The molecular weight excluding hydrogens is 360 g/mol. The Balaban J connectivity index is 0.00000324. The number of aliphatic imine (C=N–C) groups is 1. The topological polar surface area (TPSA) is 45.7 Å². The van der Waals surface area contributed by atoms with Crippen molar-refractivity contribution < 1.29 is 9.13 Å². The van der Waals surface area contributed by atoms with Crippen LogP contribution in [0.1, 0.15) is 12.5 Å². The summed E-state index contributed by atoms with van der Waals surface area (Å²) in [5.74, 6) is 0.437. The molecule has 6 heteroatoms. The van der Waals surface area contributed by atoms with Crippen LogP contribution < -0.4 is 10.6 Å². The third-order valence-corrected chi connectivity index (χ3v) is 2.31. The molecule has 19 heavy (non-hydrogen) atoms. The highest BCUT2D eigenvalue weighted by Gasteiger charge is 2.00. The molecule has 0 aliphatic heterocycles. The van der Waals surface area contributed by atoms with E-state index in [-0.39, 0.29) is 29.8 Å². The molecule has 0 saturated carbocycles. The number of halogens is 2. The van der Waals surface area contributed by atoms with Crippen molar-refractivity contribution in [1.29, 1.82) is 0 Å². The fourth-order valence-electron chi connectivity index (χ4n) is 1.40. The first-order chi connectivity index (χ1) is 8.77. The molecule has 0 bridgehead atoms. The van der Waals surface area contributed by atoms with E-state index in [1.807, 2.05) is 6.92 Å². The van der Waals surface area contributed by atoms with Crippen LogP contribution >= 0.6 is 24.0 Å². The number of methoxy groups -OCH3 is 1. The number of ether oxygens (including phenoxy) is 1. The summed E-state index contributed by atoms with van der Waals surface area (Å²) in [6, 6.07) is 6.65. The Kier molecular flexibility index (Phi) is 10.5. The number of hydrogen-bond donors (Lipinski definition) is 2. The lowest BCUT2D eigenvalue weighted by molar-refractivity contribution is 0.203. The molecule has 0 spiro atoms. The van der Waals surface area contributed by atoms with E-state index in [4.69, 9.17) is 4.74 Å². The van der Waals surface area contributed by atoms with Crippen molar-refractivity contribution in [2.75, 3.05) is 26.8 Å². The fourth-order valence-corrected chi connectivity index (χ4v) is 1.40. The molecule has 0 unspecified atom stereocenters. The molecule has 0 aliphatic rings. The molecule has 0 atom stereocenters. The summed E-state index contributed by atoms with van der Waals surface area (Å²) in [7, 11) is 1.64. The van der Waals surface area contributed by atoms with Gasteiger partial charge in [0.2, 0.25) is 0 Å². The number of nitrogens with zero attached hydrogens (tertiary/aromatic N) is 1. The average Bonchev–Trinajstić information content (AvgIpc) is 2.38. The third kappa shape index (κ3) is 7.31. The van der Waals surface area contributed by atoms with Crippen molar-refractivity contribution in [2.24, 2.45) is 4.99 Å². The van der Waals surface area contributed by atoms with Crippen molar-refractivity contribution in [2.45, 2.75) is 13.5 Å². The van der Waals surface area contributed by atoms with Gasteiger partial charge in [-0.2, -0.15) is 0 Å². The van der Waals surface area contributed by atoms with Crippen LogP contribution in [-0.4, -0.2) is 32.8 Å².